The van der Waals surface area contributed by atoms with Crippen molar-refractivity contribution < 1.29 is 0 Å². The lowest BCUT2D eigenvalue weighted by Gasteiger charge is -2.21. The third kappa shape index (κ3) is 2.82. The molecule has 1 aliphatic rings. The van der Waals surface area contributed by atoms with Crippen molar-refractivity contribution in [1.29, 1.82) is 5.41 Å². The highest BCUT2D eigenvalue weighted by molar-refractivity contribution is 6.43. The van der Waals surface area contributed by atoms with Crippen molar-refractivity contribution in [3.05, 3.63) is 24.3 Å². The molecule has 0 spiro atoms. The number of hydrazine groups is 1. The molecule has 0 radical (unpaired) electrons. The minimum atomic E-state index is 0.0680. The largest absolute Gasteiger partial charge is 0.378 e. The molecule has 1 saturated heterocycles. The van der Waals surface area contributed by atoms with Crippen LogP contribution in [0.2, 0.25) is 0 Å². The van der Waals surface area contributed by atoms with E-state index < -0.39 is 0 Å². The summed E-state index contributed by atoms with van der Waals surface area (Å²) < 4.78 is 0. The minimum Gasteiger partial charge on any atom is -0.378 e. The molecule has 1 aromatic rings. The number of amidine groups is 1. The molecule has 2 N–H and O–H groups in total. The van der Waals surface area contributed by atoms with Gasteiger partial charge in [0, 0.05) is 25.8 Å². The van der Waals surface area contributed by atoms with Gasteiger partial charge in [-0.05, 0) is 45.0 Å². The second-order valence-corrected chi connectivity index (χ2v) is 5.57. The maximum absolute atomic E-state index is 8.21. The fourth-order valence-corrected chi connectivity index (χ4v) is 2.18. The molecule has 2 rings (SSSR count). The quantitative estimate of drug-likeness (QED) is 0.889. The predicted octanol–water partition coefficient (Wildman–Crippen LogP) is 2.42. The molecule has 0 saturated carbocycles. The summed E-state index contributed by atoms with van der Waals surface area (Å²) in [6.45, 7) is 6.15. The molecule has 0 bridgehead atoms. The van der Waals surface area contributed by atoms with E-state index in [9.17, 15) is 0 Å². The van der Waals surface area contributed by atoms with E-state index in [-0.39, 0.29) is 12.1 Å². The third-order valence-electron chi connectivity index (χ3n) is 3.36. The molecule has 0 amide bonds. The fraction of sp³-hybridized carbons (Fsp3) is 0.467. The van der Waals surface area contributed by atoms with Crippen molar-refractivity contribution in [2.45, 2.75) is 32.9 Å². The number of aliphatic imine (C=N–C) groups is 1. The second-order valence-electron chi connectivity index (χ2n) is 5.57. The van der Waals surface area contributed by atoms with Gasteiger partial charge in [0.15, 0.2) is 5.84 Å². The molecule has 1 aromatic carbocycles. The summed E-state index contributed by atoms with van der Waals surface area (Å²) in [5.74, 6) is 0.462. The van der Waals surface area contributed by atoms with Crippen LogP contribution in [0.25, 0.3) is 0 Å². The van der Waals surface area contributed by atoms with Crippen molar-refractivity contribution in [3.8, 4) is 0 Å². The minimum absolute atomic E-state index is 0.0680. The molecule has 1 atom stereocenters. The van der Waals surface area contributed by atoms with Crippen LogP contribution in [0.1, 0.15) is 20.8 Å². The van der Waals surface area contributed by atoms with Crippen LogP contribution in [0.5, 0.6) is 0 Å². The Bertz CT molecular complexity index is 516. The Kier molecular flexibility index (Phi) is 4.09. The van der Waals surface area contributed by atoms with E-state index in [0.717, 1.165) is 17.1 Å². The van der Waals surface area contributed by atoms with Crippen LogP contribution in [-0.2, 0) is 0 Å². The van der Waals surface area contributed by atoms with Crippen molar-refractivity contribution in [1.82, 2.24) is 10.4 Å². The number of hydrogen-bond donors (Lipinski definition) is 2. The molecular weight excluding hydrogens is 250 g/mol. The monoisotopic (exact) mass is 273 g/mol. The zero-order valence-electron chi connectivity index (χ0n) is 12.8. The summed E-state index contributed by atoms with van der Waals surface area (Å²) in [7, 11) is 4.03. The Morgan fingerprint density at radius 3 is 2.30 bits per heavy atom. The van der Waals surface area contributed by atoms with E-state index >= 15 is 0 Å². The van der Waals surface area contributed by atoms with E-state index in [2.05, 4.69) is 29.2 Å². The Morgan fingerprint density at radius 1 is 1.25 bits per heavy atom. The SMILES string of the molecule is CC1NN(C(C)C)C(=N)C1=Nc1ccc(N(C)C)cc1. The Labute approximate surface area is 120 Å². The van der Waals surface area contributed by atoms with Crippen molar-refractivity contribution in [2.24, 2.45) is 4.99 Å². The van der Waals surface area contributed by atoms with Gasteiger partial charge in [-0.3, -0.25) is 10.4 Å². The normalized spacial score (nSPS) is 21.1. The topological polar surface area (TPSA) is 54.7 Å². The van der Waals surface area contributed by atoms with Crippen LogP contribution >= 0.6 is 0 Å². The first kappa shape index (κ1) is 14.5. The highest BCUT2D eigenvalue weighted by atomic mass is 15.6. The number of benzene rings is 1. The van der Waals surface area contributed by atoms with E-state index in [0.29, 0.717) is 5.84 Å². The molecule has 0 aliphatic carbocycles. The van der Waals surface area contributed by atoms with Gasteiger partial charge in [0.2, 0.25) is 0 Å². The zero-order chi connectivity index (χ0) is 14.9. The number of nitrogens with one attached hydrogen (secondary N) is 2. The first-order chi connectivity index (χ1) is 9.40. The summed E-state index contributed by atoms with van der Waals surface area (Å²) in [6.07, 6.45) is 0. The van der Waals surface area contributed by atoms with Crippen molar-refractivity contribution in [3.63, 3.8) is 0 Å². The summed E-state index contributed by atoms with van der Waals surface area (Å²) in [6, 6.07) is 8.36. The smallest absolute Gasteiger partial charge is 0.159 e. The van der Waals surface area contributed by atoms with Gasteiger partial charge in [-0.25, -0.2) is 10.4 Å². The van der Waals surface area contributed by atoms with Gasteiger partial charge in [-0.1, -0.05) is 0 Å². The highest BCUT2D eigenvalue weighted by Gasteiger charge is 2.31. The van der Waals surface area contributed by atoms with Crippen LogP contribution in [0.15, 0.2) is 29.3 Å². The molecule has 1 heterocycles. The number of anilines is 1. The van der Waals surface area contributed by atoms with Gasteiger partial charge in [0.1, 0.15) is 5.71 Å². The maximum atomic E-state index is 8.21. The number of rotatable bonds is 3. The van der Waals surface area contributed by atoms with Crippen LogP contribution in [0, 0.1) is 5.41 Å². The molecule has 1 fully saturated rings. The Morgan fingerprint density at radius 2 is 1.85 bits per heavy atom. The standard InChI is InChI=1S/C15H23N5/c1-10(2)20-15(16)14(11(3)18-20)17-12-6-8-13(9-7-12)19(4)5/h6-11,16,18H,1-5H3. The van der Waals surface area contributed by atoms with E-state index in [4.69, 9.17) is 5.41 Å². The summed E-state index contributed by atoms with van der Waals surface area (Å²) in [5, 5.41) is 10.1. The molecule has 5 nitrogen and oxygen atoms in total. The summed E-state index contributed by atoms with van der Waals surface area (Å²) in [4.78, 5) is 6.68. The summed E-state index contributed by atoms with van der Waals surface area (Å²) >= 11 is 0. The predicted molar refractivity (Wildman–Crippen MR) is 85.2 cm³/mol. The van der Waals surface area contributed by atoms with E-state index in [1.807, 2.05) is 50.3 Å². The average Bonchev–Trinajstić information content (AvgIpc) is 2.67. The van der Waals surface area contributed by atoms with Crippen molar-refractivity contribution in [2.75, 3.05) is 19.0 Å². The van der Waals surface area contributed by atoms with Gasteiger partial charge in [0.05, 0.1) is 11.7 Å². The van der Waals surface area contributed by atoms with E-state index in [1.54, 1.807) is 0 Å². The molecule has 1 aliphatic heterocycles. The lowest BCUT2D eigenvalue weighted by molar-refractivity contribution is 0.266. The van der Waals surface area contributed by atoms with Crippen molar-refractivity contribution >= 4 is 22.9 Å². The molecule has 20 heavy (non-hydrogen) atoms. The first-order valence-electron chi connectivity index (χ1n) is 6.90. The van der Waals surface area contributed by atoms with Crippen LogP contribution in [-0.4, -0.2) is 42.7 Å². The molecule has 108 valence electrons. The van der Waals surface area contributed by atoms with Gasteiger partial charge >= 0.3 is 0 Å². The molecular formula is C15H23N5. The van der Waals surface area contributed by atoms with Crippen LogP contribution in [0.4, 0.5) is 11.4 Å². The first-order valence-corrected chi connectivity index (χ1v) is 6.90. The average molecular weight is 273 g/mol. The van der Waals surface area contributed by atoms with Gasteiger partial charge < -0.3 is 4.90 Å². The molecule has 1 unspecified atom stereocenters. The molecule has 5 heteroatoms. The number of hydrogen-bond acceptors (Lipinski definition) is 4. The highest BCUT2D eigenvalue weighted by Crippen LogP contribution is 2.20. The molecule has 0 aromatic heterocycles. The number of nitrogens with zero attached hydrogens (tertiary/aromatic N) is 3. The third-order valence-corrected chi connectivity index (χ3v) is 3.36. The zero-order valence-corrected chi connectivity index (χ0v) is 12.8. The van der Waals surface area contributed by atoms with Gasteiger partial charge in [-0.2, -0.15) is 0 Å². The maximum Gasteiger partial charge on any atom is 0.159 e. The Balaban J connectivity index is 2.24. The fourth-order valence-electron chi connectivity index (χ4n) is 2.18. The lowest BCUT2D eigenvalue weighted by Crippen LogP contribution is -2.41. The van der Waals surface area contributed by atoms with Crippen LogP contribution < -0.4 is 10.3 Å². The Hall–Kier alpha value is -1.88. The van der Waals surface area contributed by atoms with Gasteiger partial charge in [-0.15, -0.1) is 0 Å². The van der Waals surface area contributed by atoms with Crippen LogP contribution in [0.3, 0.4) is 0 Å². The van der Waals surface area contributed by atoms with E-state index in [1.165, 1.54) is 0 Å². The second kappa shape index (κ2) is 5.63. The van der Waals surface area contributed by atoms with Gasteiger partial charge in [0.25, 0.3) is 0 Å². The summed E-state index contributed by atoms with van der Waals surface area (Å²) in [5.41, 5.74) is 6.09. The lowest BCUT2D eigenvalue weighted by atomic mass is 10.2.